The largest absolute Gasteiger partial charge is 0.375 e. The standard InChI is InChI=1S/C17H22N2O3/c1-22-12-15(20)18-10-5-8-17(13-18)9-11-19(16(17)21)14-6-3-2-4-7-14/h2-4,6-7H,5,8-13H2,1H3/t17-/m1/s1. The summed E-state index contributed by atoms with van der Waals surface area (Å²) in [7, 11) is 1.52. The van der Waals surface area contributed by atoms with Crippen molar-refractivity contribution in [2.45, 2.75) is 19.3 Å². The number of rotatable bonds is 3. The zero-order chi connectivity index (χ0) is 15.6. The van der Waals surface area contributed by atoms with Crippen LogP contribution in [0.3, 0.4) is 0 Å². The highest BCUT2D eigenvalue weighted by molar-refractivity contribution is 6.00. The molecule has 2 saturated heterocycles. The summed E-state index contributed by atoms with van der Waals surface area (Å²) in [6.07, 6.45) is 2.56. The SMILES string of the molecule is COCC(=O)N1CCC[C@@]2(CCN(c3ccccc3)C2=O)C1. The van der Waals surface area contributed by atoms with Crippen LogP contribution in [0.4, 0.5) is 5.69 Å². The van der Waals surface area contributed by atoms with Crippen molar-refractivity contribution in [1.29, 1.82) is 0 Å². The Morgan fingerprint density at radius 2 is 2.00 bits per heavy atom. The predicted molar refractivity (Wildman–Crippen MR) is 83.5 cm³/mol. The molecule has 2 aliphatic heterocycles. The highest BCUT2D eigenvalue weighted by atomic mass is 16.5. The minimum atomic E-state index is -0.405. The van der Waals surface area contributed by atoms with Gasteiger partial charge in [0.05, 0.1) is 5.41 Å². The van der Waals surface area contributed by atoms with Crippen molar-refractivity contribution >= 4 is 17.5 Å². The normalized spacial score (nSPS) is 25.0. The maximum Gasteiger partial charge on any atom is 0.248 e. The Labute approximate surface area is 130 Å². The fourth-order valence-electron chi connectivity index (χ4n) is 3.61. The van der Waals surface area contributed by atoms with Crippen molar-refractivity contribution < 1.29 is 14.3 Å². The second-order valence-electron chi connectivity index (χ2n) is 6.17. The molecule has 0 radical (unpaired) electrons. The molecule has 0 N–H and O–H groups in total. The lowest BCUT2D eigenvalue weighted by atomic mass is 9.78. The second-order valence-corrected chi connectivity index (χ2v) is 6.17. The number of anilines is 1. The first-order valence-corrected chi connectivity index (χ1v) is 7.80. The third-order valence-corrected chi connectivity index (χ3v) is 4.78. The molecule has 118 valence electrons. The first kappa shape index (κ1) is 15.0. The van der Waals surface area contributed by atoms with Crippen molar-refractivity contribution in [2.24, 2.45) is 5.41 Å². The molecule has 2 amide bonds. The molecule has 0 aromatic heterocycles. The summed E-state index contributed by atoms with van der Waals surface area (Å²) in [5.41, 5.74) is 0.544. The summed E-state index contributed by atoms with van der Waals surface area (Å²) in [6, 6.07) is 9.78. The van der Waals surface area contributed by atoms with Crippen LogP contribution in [-0.4, -0.2) is 50.1 Å². The maximum absolute atomic E-state index is 13.0. The number of ether oxygens (including phenoxy) is 1. The molecular weight excluding hydrogens is 280 g/mol. The van der Waals surface area contributed by atoms with E-state index in [1.54, 1.807) is 4.90 Å². The van der Waals surface area contributed by atoms with Gasteiger partial charge in [0.15, 0.2) is 0 Å². The van der Waals surface area contributed by atoms with Crippen LogP contribution in [0.25, 0.3) is 0 Å². The van der Waals surface area contributed by atoms with E-state index in [4.69, 9.17) is 4.74 Å². The minimum absolute atomic E-state index is 0.0208. The van der Waals surface area contributed by atoms with Crippen LogP contribution in [0, 0.1) is 5.41 Å². The number of amides is 2. The maximum atomic E-state index is 13.0. The molecule has 2 aliphatic rings. The zero-order valence-electron chi connectivity index (χ0n) is 13.0. The Morgan fingerprint density at radius 3 is 2.73 bits per heavy atom. The number of methoxy groups -OCH3 is 1. The number of carbonyl (C=O) groups is 2. The van der Waals surface area contributed by atoms with Crippen molar-refractivity contribution in [3.8, 4) is 0 Å². The topological polar surface area (TPSA) is 49.9 Å². The first-order chi connectivity index (χ1) is 10.7. The summed E-state index contributed by atoms with van der Waals surface area (Å²) >= 11 is 0. The van der Waals surface area contributed by atoms with Crippen molar-refractivity contribution in [2.75, 3.05) is 38.3 Å². The lowest BCUT2D eigenvalue weighted by molar-refractivity contribution is -0.141. The van der Waals surface area contributed by atoms with Gasteiger partial charge in [0.2, 0.25) is 11.8 Å². The molecule has 1 atom stereocenters. The van der Waals surface area contributed by atoms with Crippen LogP contribution in [0.15, 0.2) is 30.3 Å². The van der Waals surface area contributed by atoms with Gasteiger partial charge in [-0.15, -0.1) is 0 Å². The lowest BCUT2D eigenvalue weighted by Crippen LogP contribution is -2.50. The second kappa shape index (κ2) is 6.08. The molecule has 2 fully saturated rings. The molecule has 1 aromatic carbocycles. The number of likely N-dealkylation sites (tertiary alicyclic amines) is 1. The van der Waals surface area contributed by atoms with Gasteiger partial charge >= 0.3 is 0 Å². The van der Waals surface area contributed by atoms with Crippen LogP contribution < -0.4 is 4.90 Å². The Morgan fingerprint density at radius 1 is 1.23 bits per heavy atom. The molecule has 22 heavy (non-hydrogen) atoms. The molecule has 0 unspecified atom stereocenters. The van der Waals surface area contributed by atoms with Gasteiger partial charge < -0.3 is 14.5 Å². The number of piperidine rings is 1. The van der Waals surface area contributed by atoms with Crippen LogP contribution in [0.1, 0.15) is 19.3 Å². The van der Waals surface area contributed by atoms with Gasteiger partial charge in [-0.3, -0.25) is 9.59 Å². The average Bonchev–Trinajstić information content (AvgIpc) is 2.85. The summed E-state index contributed by atoms with van der Waals surface area (Å²) in [4.78, 5) is 28.7. The van der Waals surface area contributed by atoms with Crippen LogP contribution in [0.5, 0.6) is 0 Å². The van der Waals surface area contributed by atoms with E-state index in [2.05, 4.69) is 0 Å². The Kier molecular flexibility index (Phi) is 4.16. The van der Waals surface area contributed by atoms with Crippen molar-refractivity contribution in [3.05, 3.63) is 30.3 Å². The van der Waals surface area contributed by atoms with E-state index in [-0.39, 0.29) is 18.4 Å². The highest BCUT2D eigenvalue weighted by Crippen LogP contribution is 2.41. The van der Waals surface area contributed by atoms with Gasteiger partial charge in [-0.05, 0) is 31.4 Å². The average molecular weight is 302 g/mol. The summed E-state index contributed by atoms with van der Waals surface area (Å²) in [5, 5.41) is 0. The monoisotopic (exact) mass is 302 g/mol. The third-order valence-electron chi connectivity index (χ3n) is 4.78. The molecule has 0 aliphatic carbocycles. The lowest BCUT2D eigenvalue weighted by Gasteiger charge is -2.39. The number of hydrogen-bond acceptors (Lipinski definition) is 3. The summed E-state index contributed by atoms with van der Waals surface area (Å²) < 4.78 is 4.94. The predicted octanol–water partition coefficient (Wildman–Crippen LogP) is 1.68. The van der Waals surface area contributed by atoms with Crippen molar-refractivity contribution in [1.82, 2.24) is 4.90 Å². The molecule has 3 rings (SSSR count). The van der Waals surface area contributed by atoms with E-state index in [1.807, 2.05) is 35.2 Å². The van der Waals surface area contributed by atoms with Gasteiger partial charge in [-0.25, -0.2) is 0 Å². The number of para-hydroxylation sites is 1. The van der Waals surface area contributed by atoms with E-state index in [1.165, 1.54) is 7.11 Å². The molecule has 1 spiro atoms. The van der Waals surface area contributed by atoms with E-state index in [0.717, 1.165) is 38.0 Å². The molecular formula is C17H22N2O3. The molecule has 1 aromatic rings. The van der Waals surface area contributed by atoms with Gasteiger partial charge in [0, 0.05) is 32.4 Å². The summed E-state index contributed by atoms with van der Waals surface area (Å²) in [5.74, 6) is 0.140. The fourth-order valence-corrected chi connectivity index (χ4v) is 3.61. The van der Waals surface area contributed by atoms with E-state index >= 15 is 0 Å². The van der Waals surface area contributed by atoms with E-state index < -0.39 is 5.41 Å². The van der Waals surface area contributed by atoms with E-state index in [9.17, 15) is 9.59 Å². The number of carbonyl (C=O) groups excluding carboxylic acids is 2. The fraction of sp³-hybridized carbons (Fsp3) is 0.529. The Bertz CT molecular complexity index is 560. The number of nitrogens with zero attached hydrogens (tertiary/aromatic N) is 2. The van der Waals surface area contributed by atoms with Crippen molar-refractivity contribution in [3.63, 3.8) is 0 Å². The van der Waals surface area contributed by atoms with Gasteiger partial charge in [-0.1, -0.05) is 18.2 Å². The third kappa shape index (κ3) is 2.61. The molecule has 0 bridgehead atoms. The van der Waals surface area contributed by atoms with Crippen LogP contribution in [-0.2, 0) is 14.3 Å². The van der Waals surface area contributed by atoms with E-state index in [0.29, 0.717) is 6.54 Å². The Balaban J connectivity index is 1.77. The zero-order valence-corrected chi connectivity index (χ0v) is 13.0. The molecule has 2 heterocycles. The quantitative estimate of drug-likeness (QED) is 0.853. The van der Waals surface area contributed by atoms with Crippen LogP contribution in [0.2, 0.25) is 0 Å². The minimum Gasteiger partial charge on any atom is -0.375 e. The molecule has 5 nitrogen and oxygen atoms in total. The molecule has 5 heteroatoms. The number of benzene rings is 1. The number of hydrogen-bond donors (Lipinski definition) is 0. The first-order valence-electron chi connectivity index (χ1n) is 7.80. The van der Waals surface area contributed by atoms with Gasteiger partial charge in [0.1, 0.15) is 6.61 Å². The Hall–Kier alpha value is -1.88. The van der Waals surface area contributed by atoms with Crippen LogP contribution >= 0.6 is 0 Å². The highest BCUT2D eigenvalue weighted by Gasteiger charge is 2.49. The smallest absolute Gasteiger partial charge is 0.248 e. The summed E-state index contributed by atoms with van der Waals surface area (Å²) in [6.45, 7) is 2.07. The molecule has 0 saturated carbocycles. The van der Waals surface area contributed by atoms with Gasteiger partial charge in [0.25, 0.3) is 0 Å². The van der Waals surface area contributed by atoms with Gasteiger partial charge in [-0.2, -0.15) is 0 Å².